The van der Waals surface area contributed by atoms with Gasteiger partial charge in [0.15, 0.2) is 0 Å². The second-order valence-corrected chi connectivity index (χ2v) is 4.27. The van der Waals surface area contributed by atoms with E-state index in [-0.39, 0.29) is 0 Å². The van der Waals surface area contributed by atoms with E-state index in [1.807, 2.05) is 30.9 Å². The van der Waals surface area contributed by atoms with Gasteiger partial charge in [-0.15, -0.1) is 11.3 Å². The van der Waals surface area contributed by atoms with Crippen molar-refractivity contribution in [3.63, 3.8) is 0 Å². The third-order valence-corrected chi connectivity index (χ3v) is 2.98. The van der Waals surface area contributed by atoms with Crippen LogP contribution in [0.2, 0.25) is 0 Å². The predicted molar refractivity (Wildman–Crippen MR) is 66.3 cm³/mol. The van der Waals surface area contributed by atoms with E-state index in [0.29, 0.717) is 6.54 Å². The Hall–Kier alpha value is -1.46. The summed E-state index contributed by atoms with van der Waals surface area (Å²) in [6.07, 6.45) is 1.84. The van der Waals surface area contributed by atoms with Crippen molar-refractivity contribution in [1.29, 1.82) is 0 Å². The minimum Gasteiger partial charge on any atom is -0.367 e. The Morgan fingerprint density at radius 1 is 1.31 bits per heavy atom. The SMILES string of the molecule is CN(Cc1cscn1)c1ccc(CN)nc1. The molecule has 0 aliphatic rings. The maximum absolute atomic E-state index is 5.50. The van der Waals surface area contributed by atoms with E-state index in [1.165, 1.54) is 0 Å². The first-order chi connectivity index (χ1) is 7.79. The highest BCUT2D eigenvalue weighted by Gasteiger charge is 2.03. The van der Waals surface area contributed by atoms with Gasteiger partial charge in [0.05, 0.1) is 35.3 Å². The number of hydrogen-bond donors (Lipinski definition) is 1. The second-order valence-electron chi connectivity index (χ2n) is 3.55. The summed E-state index contributed by atoms with van der Waals surface area (Å²) in [5.41, 5.74) is 10.4. The predicted octanol–water partition coefficient (Wildman–Crippen LogP) is 1.63. The smallest absolute Gasteiger partial charge is 0.0795 e. The highest BCUT2D eigenvalue weighted by atomic mass is 32.1. The molecule has 84 valence electrons. The fraction of sp³-hybridized carbons (Fsp3) is 0.273. The van der Waals surface area contributed by atoms with Gasteiger partial charge >= 0.3 is 0 Å². The molecule has 2 rings (SSSR count). The van der Waals surface area contributed by atoms with Crippen LogP contribution in [-0.4, -0.2) is 17.0 Å². The van der Waals surface area contributed by atoms with Crippen molar-refractivity contribution >= 4 is 17.0 Å². The molecule has 0 radical (unpaired) electrons. The zero-order chi connectivity index (χ0) is 11.4. The third-order valence-electron chi connectivity index (χ3n) is 2.34. The van der Waals surface area contributed by atoms with Gasteiger partial charge in [0.1, 0.15) is 0 Å². The van der Waals surface area contributed by atoms with Crippen LogP contribution in [0.25, 0.3) is 0 Å². The maximum atomic E-state index is 5.50. The van der Waals surface area contributed by atoms with Gasteiger partial charge in [-0.25, -0.2) is 4.98 Å². The van der Waals surface area contributed by atoms with Crippen LogP contribution in [0.1, 0.15) is 11.4 Å². The number of aromatic nitrogens is 2. The van der Waals surface area contributed by atoms with E-state index in [0.717, 1.165) is 23.6 Å². The Labute approximate surface area is 98.8 Å². The molecule has 4 nitrogen and oxygen atoms in total. The molecule has 0 fully saturated rings. The van der Waals surface area contributed by atoms with E-state index in [1.54, 1.807) is 11.3 Å². The fourth-order valence-electron chi connectivity index (χ4n) is 1.41. The van der Waals surface area contributed by atoms with E-state index >= 15 is 0 Å². The Balaban J connectivity index is 2.05. The zero-order valence-electron chi connectivity index (χ0n) is 9.13. The molecule has 2 aromatic heterocycles. The Kier molecular flexibility index (Phi) is 3.48. The molecule has 0 saturated heterocycles. The first-order valence-electron chi connectivity index (χ1n) is 5.03. The molecule has 0 aliphatic carbocycles. The summed E-state index contributed by atoms with van der Waals surface area (Å²) in [7, 11) is 2.03. The quantitative estimate of drug-likeness (QED) is 0.873. The lowest BCUT2D eigenvalue weighted by molar-refractivity contribution is 0.885. The third kappa shape index (κ3) is 2.56. The number of thiazole rings is 1. The fourth-order valence-corrected chi connectivity index (χ4v) is 1.96. The van der Waals surface area contributed by atoms with Crippen LogP contribution in [0.4, 0.5) is 5.69 Å². The Bertz CT molecular complexity index is 424. The van der Waals surface area contributed by atoms with Crippen LogP contribution in [0, 0.1) is 0 Å². The minimum atomic E-state index is 0.482. The highest BCUT2D eigenvalue weighted by molar-refractivity contribution is 7.07. The van der Waals surface area contributed by atoms with Crippen LogP contribution >= 0.6 is 11.3 Å². The summed E-state index contributed by atoms with van der Waals surface area (Å²) < 4.78 is 0. The van der Waals surface area contributed by atoms with Gasteiger partial charge in [-0.05, 0) is 12.1 Å². The molecule has 0 amide bonds. The Morgan fingerprint density at radius 2 is 2.19 bits per heavy atom. The first kappa shape index (κ1) is 11.0. The number of anilines is 1. The van der Waals surface area contributed by atoms with Crippen molar-refractivity contribution in [2.24, 2.45) is 5.73 Å². The summed E-state index contributed by atoms with van der Waals surface area (Å²) in [6.45, 7) is 1.28. The average molecular weight is 234 g/mol. The van der Waals surface area contributed by atoms with Gasteiger partial charge in [-0.3, -0.25) is 4.98 Å². The van der Waals surface area contributed by atoms with Crippen molar-refractivity contribution in [2.75, 3.05) is 11.9 Å². The van der Waals surface area contributed by atoms with Gasteiger partial charge in [-0.2, -0.15) is 0 Å². The highest BCUT2D eigenvalue weighted by Crippen LogP contribution is 2.14. The topological polar surface area (TPSA) is 55.0 Å². The van der Waals surface area contributed by atoms with E-state index in [2.05, 4.69) is 20.2 Å². The standard InChI is InChI=1S/C11H14N4S/c1-15(6-10-7-16-8-14-10)11-3-2-9(4-12)13-5-11/h2-3,5,7-8H,4,6,12H2,1H3. The monoisotopic (exact) mass is 234 g/mol. The lowest BCUT2D eigenvalue weighted by atomic mass is 10.3. The minimum absolute atomic E-state index is 0.482. The second kappa shape index (κ2) is 5.05. The lowest BCUT2D eigenvalue weighted by Crippen LogP contribution is -2.17. The summed E-state index contributed by atoms with van der Waals surface area (Å²) >= 11 is 1.61. The lowest BCUT2D eigenvalue weighted by Gasteiger charge is -2.17. The van der Waals surface area contributed by atoms with Gasteiger partial charge in [0.2, 0.25) is 0 Å². The number of nitrogens with two attached hydrogens (primary N) is 1. The molecule has 2 N–H and O–H groups in total. The van der Waals surface area contributed by atoms with Crippen molar-refractivity contribution in [1.82, 2.24) is 9.97 Å². The van der Waals surface area contributed by atoms with E-state index in [9.17, 15) is 0 Å². The Morgan fingerprint density at radius 3 is 2.75 bits per heavy atom. The van der Waals surface area contributed by atoms with Crippen LogP contribution in [-0.2, 0) is 13.1 Å². The summed E-state index contributed by atoms with van der Waals surface area (Å²) in [6, 6.07) is 3.98. The molecule has 2 heterocycles. The van der Waals surface area contributed by atoms with Crippen LogP contribution in [0.5, 0.6) is 0 Å². The first-order valence-corrected chi connectivity index (χ1v) is 5.97. The van der Waals surface area contributed by atoms with Crippen molar-refractivity contribution < 1.29 is 0 Å². The van der Waals surface area contributed by atoms with Gasteiger partial charge in [0, 0.05) is 19.0 Å². The largest absolute Gasteiger partial charge is 0.367 e. The van der Waals surface area contributed by atoms with Crippen LogP contribution < -0.4 is 10.6 Å². The van der Waals surface area contributed by atoms with Crippen LogP contribution in [0.3, 0.4) is 0 Å². The molecular weight excluding hydrogens is 220 g/mol. The van der Waals surface area contributed by atoms with Gasteiger partial charge in [0.25, 0.3) is 0 Å². The molecule has 0 atom stereocenters. The molecule has 0 aliphatic heterocycles. The van der Waals surface area contributed by atoms with Gasteiger partial charge in [-0.1, -0.05) is 0 Å². The zero-order valence-corrected chi connectivity index (χ0v) is 9.94. The summed E-state index contributed by atoms with van der Waals surface area (Å²) in [4.78, 5) is 10.6. The van der Waals surface area contributed by atoms with Crippen molar-refractivity contribution in [2.45, 2.75) is 13.1 Å². The van der Waals surface area contributed by atoms with Gasteiger partial charge < -0.3 is 10.6 Å². The van der Waals surface area contributed by atoms with Crippen molar-refractivity contribution in [3.05, 3.63) is 40.6 Å². The van der Waals surface area contributed by atoms with Crippen molar-refractivity contribution in [3.8, 4) is 0 Å². The van der Waals surface area contributed by atoms with Crippen LogP contribution in [0.15, 0.2) is 29.2 Å². The normalized spacial score (nSPS) is 10.4. The molecule has 0 saturated carbocycles. The summed E-state index contributed by atoms with van der Waals surface area (Å²) in [5.74, 6) is 0. The van der Waals surface area contributed by atoms with E-state index < -0.39 is 0 Å². The number of pyridine rings is 1. The summed E-state index contributed by atoms with van der Waals surface area (Å²) in [5, 5.41) is 2.05. The average Bonchev–Trinajstić information content (AvgIpc) is 2.82. The molecule has 16 heavy (non-hydrogen) atoms. The molecule has 0 unspecified atom stereocenters. The molecule has 2 aromatic rings. The molecule has 0 aromatic carbocycles. The number of nitrogens with zero attached hydrogens (tertiary/aromatic N) is 3. The number of hydrogen-bond acceptors (Lipinski definition) is 5. The maximum Gasteiger partial charge on any atom is 0.0795 e. The molecule has 0 bridgehead atoms. The molecular formula is C11H14N4S. The molecule has 5 heteroatoms. The van der Waals surface area contributed by atoms with E-state index in [4.69, 9.17) is 5.73 Å². The molecule has 0 spiro atoms. The number of rotatable bonds is 4.